The van der Waals surface area contributed by atoms with Gasteiger partial charge < -0.3 is 18.3 Å². The molecule has 38 heavy (non-hydrogen) atoms. The molecule has 192 valence electrons. The van der Waals surface area contributed by atoms with Crippen molar-refractivity contribution in [3.8, 4) is 17.1 Å². The molecule has 0 saturated heterocycles. The van der Waals surface area contributed by atoms with Crippen LogP contribution >= 0.6 is 0 Å². The van der Waals surface area contributed by atoms with E-state index in [9.17, 15) is 4.79 Å². The van der Waals surface area contributed by atoms with Crippen molar-refractivity contribution in [3.05, 3.63) is 125 Å². The van der Waals surface area contributed by atoms with Crippen LogP contribution in [-0.4, -0.2) is 21.3 Å². The molecule has 0 atom stereocenters. The Morgan fingerprint density at radius 2 is 1.53 bits per heavy atom. The lowest BCUT2D eigenvalue weighted by Gasteiger charge is -2.10. The average Bonchev–Trinajstić information content (AvgIpc) is 3.61. The predicted molar refractivity (Wildman–Crippen MR) is 149 cm³/mol. The number of ether oxygens (including phenoxy) is 1. The van der Waals surface area contributed by atoms with Crippen LogP contribution in [0.2, 0.25) is 0 Å². The molecule has 2 aromatic carbocycles. The lowest BCUT2D eigenvalue weighted by Crippen LogP contribution is -2.16. The highest BCUT2D eigenvalue weighted by atomic mass is 16.5. The third kappa shape index (κ3) is 5.18. The lowest BCUT2D eigenvalue weighted by atomic mass is 10.2. The van der Waals surface area contributed by atoms with E-state index in [-0.39, 0.29) is 12.4 Å². The summed E-state index contributed by atoms with van der Waals surface area (Å²) in [5.74, 6) is 1.01. The number of aryl methyl sites for hydroxylation is 3. The number of furan rings is 1. The van der Waals surface area contributed by atoms with E-state index in [1.807, 2.05) is 62.4 Å². The van der Waals surface area contributed by atoms with Gasteiger partial charge >= 0.3 is 5.91 Å². The highest BCUT2D eigenvalue weighted by molar-refractivity contribution is 5.92. The summed E-state index contributed by atoms with van der Waals surface area (Å²) >= 11 is 0. The fraction of sp³-hybridized carbons (Fsp3) is 0.161. The largest absolute Gasteiger partial charge is 0.486 e. The SMILES string of the molecule is Cc1ccc(C)n1-c1ccc(OCc2ccc(C(=O)N/N=C/c3cc(C)n(-c4ccccc4)c3C)o2)cc1. The Balaban J connectivity index is 1.17. The number of hydrazone groups is 1. The normalized spacial score (nSPS) is 11.3. The molecular weight excluding hydrogens is 476 g/mol. The standard InChI is InChI=1S/C31H30N4O3/c1-21-10-11-22(2)34(21)27-12-14-28(15-13-27)37-20-29-16-17-30(38-29)31(36)33-32-19-25-18-23(3)35(24(25)4)26-8-6-5-7-9-26/h5-19H,20H2,1-4H3,(H,33,36)/b32-19+. The molecule has 0 saturated carbocycles. The molecule has 7 heteroatoms. The first-order chi connectivity index (χ1) is 18.4. The molecule has 0 bridgehead atoms. The Labute approximate surface area is 222 Å². The number of amides is 1. The molecule has 0 unspecified atom stereocenters. The minimum absolute atomic E-state index is 0.171. The van der Waals surface area contributed by atoms with Gasteiger partial charge in [0.25, 0.3) is 0 Å². The molecule has 7 nitrogen and oxygen atoms in total. The van der Waals surface area contributed by atoms with Gasteiger partial charge in [-0.1, -0.05) is 18.2 Å². The quantitative estimate of drug-likeness (QED) is 0.194. The molecule has 5 aromatic rings. The Hall–Kier alpha value is -4.78. The molecule has 1 N–H and O–H groups in total. The molecule has 5 rings (SSSR count). The first kappa shape index (κ1) is 24.9. The fourth-order valence-corrected chi connectivity index (χ4v) is 4.61. The van der Waals surface area contributed by atoms with Crippen molar-refractivity contribution in [2.24, 2.45) is 5.10 Å². The van der Waals surface area contributed by atoms with Crippen LogP contribution in [0.3, 0.4) is 0 Å². The molecule has 0 aliphatic carbocycles. The maximum Gasteiger partial charge on any atom is 0.307 e. The zero-order valence-corrected chi connectivity index (χ0v) is 21.9. The number of nitrogens with zero attached hydrogens (tertiary/aromatic N) is 3. The van der Waals surface area contributed by atoms with Crippen LogP contribution in [0.1, 0.15) is 44.7 Å². The van der Waals surface area contributed by atoms with Crippen LogP contribution in [0.15, 0.2) is 94.4 Å². The van der Waals surface area contributed by atoms with Crippen molar-refractivity contribution in [1.82, 2.24) is 14.6 Å². The minimum Gasteiger partial charge on any atom is -0.486 e. The van der Waals surface area contributed by atoms with Crippen LogP contribution < -0.4 is 10.2 Å². The van der Waals surface area contributed by atoms with Gasteiger partial charge in [-0.2, -0.15) is 5.10 Å². The number of para-hydroxylation sites is 1. The number of aromatic nitrogens is 2. The van der Waals surface area contributed by atoms with E-state index < -0.39 is 5.91 Å². The Bertz CT molecular complexity index is 1570. The van der Waals surface area contributed by atoms with Gasteiger partial charge in [0.1, 0.15) is 18.1 Å². The van der Waals surface area contributed by atoms with Crippen LogP contribution in [0.4, 0.5) is 0 Å². The van der Waals surface area contributed by atoms with Gasteiger partial charge in [-0.25, -0.2) is 5.43 Å². The van der Waals surface area contributed by atoms with Crippen molar-refractivity contribution in [2.45, 2.75) is 34.3 Å². The van der Waals surface area contributed by atoms with E-state index in [0.29, 0.717) is 5.76 Å². The average molecular weight is 507 g/mol. The highest BCUT2D eigenvalue weighted by Gasteiger charge is 2.12. The molecular formula is C31H30N4O3. The van der Waals surface area contributed by atoms with Crippen LogP contribution in [-0.2, 0) is 6.61 Å². The monoisotopic (exact) mass is 506 g/mol. The zero-order valence-electron chi connectivity index (χ0n) is 21.9. The third-order valence-electron chi connectivity index (χ3n) is 6.49. The molecule has 1 amide bonds. The van der Waals surface area contributed by atoms with Crippen LogP contribution in [0.25, 0.3) is 11.4 Å². The first-order valence-corrected chi connectivity index (χ1v) is 12.5. The summed E-state index contributed by atoms with van der Waals surface area (Å²) in [6.07, 6.45) is 1.65. The van der Waals surface area contributed by atoms with E-state index in [2.05, 4.69) is 57.8 Å². The van der Waals surface area contributed by atoms with Crippen molar-refractivity contribution in [2.75, 3.05) is 0 Å². The first-order valence-electron chi connectivity index (χ1n) is 12.5. The molecule has 0 aliphatic rings. The van der Waals surface area contributed by atoms with E-state index in [1.165, 1.54) is 11.4 Å². The molecule has 0 aliphatic heterocycles. The van der Waals surface area contributed by atoms with Gasteiger partial charge in [-0.05, 0) is 94.4 Å². The molecule has 0 radical (unpaired) electrons. The summed E-state index contributed by atoms with van der Waals surface area (Å²) in [5, 5.41) is 4.14. The maximum absolute atomic E-state index is 12.5. The topological polar surface area (TPSA) is 73.7 Å². The summed E-state index contributed by atoms with van der Waals surface area (Å²) in [7, 11) is 0. The lowest BCUT2D eigenvalue weighted by molar-refractivity contribution is 0.0923. The van der Waals surface area contributed by atoms with Crippen molar-refractivity contribution >= 4 is 12.1 Å². The van der Waals surface area contributed by atoms with E-state index in [0.717, 1.165) is 34.1 Å². The summed E-state index contributed by atoms with van der Waals surface area (Å²) in [4.78, 5) is 12.5. The van der Waals surface area contributed by atoms with Gasteiger partial charge in [0, 0.05) is 39.7 Å². The van der Waals surface area contributed by atoms with Gasteiger partial charge in [0.15, 0.2) is 5.76 Å². The molecule has 3 heterocycles. The molecule has 0 fully saturated rings. The zero-order chi connectivity index (χ0) is 26.6. The minimum atomic E-state index is -0.425. The van der Waals surface area contributed by atoms with Crippen LogP contribution in [0, 0.1) is 27.7 Å². The highest BCUT2D eigenvalue weighted by Crippen LogP contribution is 2.21. The number of hydrogen-bond donors (Lipinski definition) is 1. The smallest absolute Gasteiger partial charge is 0.307 e. The summed E-state index contributed by atoms with van der Waals surface area (Å²) < 4.78 is 15.9. The summed E-state index contributed by atoms with van der Waals surface area (Å²) in [5.41, 5.74) is 10.1. The van der Waals surface area contributed by atoms with Gasteiger partial charge in [-0.3, -0.25) is 4.79 Å². The fourth-order valence-electron chi connectivity index (χ4n) is 4.61. The third-order valence-corrected chi connectivity index (χ3v) is 6.49. The van der Waals surface area contributed by atoms with Crippen LogP contribution in [0.5, 0.6) is 5.75 Å². The number of carbonyl (C=O) groups excluding carboxylic acids is 1. The molecule has 3 aromatic heterocycles. The Kier molecular flexibility index (Phi) is 7.00. The number of nitrogens with one attached hydrogen (secondary N) is 1. The Morgan fingerprint density at radius 1 is 0.842 bits per heavy atom. The van der Waals surface area contributed by atoms with Gasteiger partial charge in [-0.15, -0.1) is 0 Å². The second kappa shape index (κ2) is 10.7. The predicted octanol–water partition coefficient (Wildman–Crippen LogP) is 6.44. The van der Waals surface area contributed by atoms with E-state index in [1.54, 1.807) is 18.3 Å². The van der Waals surface area contributed by atoms with Crippen molar-refractivity contribution in [3.63, 3.8) is 0 Å². The second-order valence-electron chi connectivity index (χ2n) is 9.20. The van der Waals surface area contributed by atoms with E-state index in [4.69, 9.17) is 9.15 Å². The number of rotatable bonds is 8. The van der Waals surface area contributed by atoms with Gasteiger partial charge in [0.2, 0.25) is 0 Å². The number of hydrogen-bond acceptors (Lipinski definition) is 4. The number of carbonyl (C=O) groups is 1. The van der Waals surface area contributed by atoms with Crippen molar-refractivity contribution < 1.29 is 13.9 Å². The second-order valence-corrected chi connectivity index (χ2v) is 9.20. The number of benzene rings is 2. The summed E-state index contributed by atoms with van der Waals surface area (Å²) in [6.45, 7) is 8.44. The summed E-state index contributed by atoms with van der Waals surface area (Å²) in [6, 6.07) is 27.6. The van der Waals surface area contributed by atoms with E-state index >= 15 is 0 Å². The van der Waals surface area contributed by atoms with Crippen molar-refractivity contribution in [1.29, 1.82) is 0 Å². The maximum atomic E-state index is 12.5. The molecule has 0 spiro atoms. The Morgan fingerprint density at radius 3 is 2.24 bits per heavy atom. The van der Waals surface area contributed by atoms with Gasteiger partial charge in [0.05, 0.1) is 6.21 Å².